The van der Waals surface area contributed by atoms with Crippen LogP contribution in [0.4, 0.5) is 5.69 Å². The summed E-state index contributed by atoms with van der Waals surface area (Å²) in [6.07, 6.45) is 2.67. The smallest absolute Gasteiger partial charge is 0.266 e. The first-order valence-corrected chi connectivity index (χ1v) is 10.6. The Kier molecular flexibility index (Phi) is 6.30. The molecule has 0 aliphatic carbocycles. The summed E-state index contributed by atoms with van der Waals surface area (Å²) in [4.78, 5) is 20.4. The maximum absolute atomic E-state index is 13.2. The summed E-state index contributed by atoms with van der Waals surface area (Å²) >= 11 is 1.41. The maximum atomic E-state index is 13.2. The lowest BCUT2D eigenvalue weighted by Gasteiger charge is -2.15. The van der Waals surface area contributed by atoms with Gasteiger partial charge in [-0.05, 0) is 59.7 Å². The van der Waals surface area contributed by atoms with Gasteiger partial charge in [-0.15, -0.1) is 0 Å². The molecule has 4 nitrogen and oxygen atoms in total. The summed E-state index contributed by atoms with van der Waals surface area (Å²) in [7, 11) is 1.64. The van der Waals surface area contributed by atoms with Crippen molar-refractivity contribution in [1.82, 2.24) is 4.90 Å². The molecular formula is C25H22N2O2S. The summed E-state index contributed by atoms with van der Waals surface area (Å²) in [6.45, 7) is 0.580. The van der Waals surface area contributed by atoms with E-state index in [1.165, 1.54) is 17.3 Å². The highest BCUT2D eigenvalue weighted by atomic mass is 32.2. The first-order chi connectivity index (χ1) is 14.7. The molecule has 1 aliphatic rings. The molecule has 0 atom stereocenters. The third kappa shape index (κ3) is 4.81. The highest BCUT2D eigenvalue weighted by Crippen LogP contribution is 2.34. The average Bonchev–Trinajstić information content (AvgIpc) is 3.07. The van der Waals surface area contributed by atoms with E-state index in [0.29, 0.717) is 16.6 Å². The Labute approximate surface area is 180 Å². The Hall–Kier alpha value is -3.31. The molecule has 0 saturated carbocycles. The average molecular weight is 415 g/mol. The minimum Gasteiger partial charge on any atom is -0.497 e. The molecule has 0 unspecified atom stereocenters. The van der Waals surface area contributed by atoms with Crippen molar-refractivity contribution in [3.8, 4) is 5.75 Å². The molecule has 0 N–H and O–H groups in total. The predicted octanol–water partition coefficient (Wildman–Crippen LogP) is 5.54. The number of hydrogen-bond donors (Lipinski definition) is 0. The number of thioether (sulfide) groups is 1. The zero-order chi connectivity index (χ0) is 20.8. The van der Waals surface area contributed by atoms with Crippen LogP contribution in [-0.4, -0.2) is 29.6 Å². The fraction of sp³-hybridized carbons (Fsp3) is 0.120. The molecule has 0 bridgehead atoms. The van der Waals surface area contributed by atoms with Crippen molar-refractivity contribution in [3.05, 3.63) is 101 Å². The Morgan fingerprint density at radius 2 is 1.70 bits per heavy atom. The minimum absolute atomic E-state index is 0.0200. The van der Waals surface area contributed by atoms with Gasteiger partial charge in [0, 0.05) is 6.54 Å². The summed E-state index contributed by atoms with van der Waals surface area (Å²) in [6, 6.07) is 27.6. The van der Waals surface area contributed by atoms with Gasteiger partial charge in [-0.2, -0.15) is 0 Å². The van der Waals surface area contributed by atoms with Crippen LogP contribution in [-0.2, 0) is 11.2 Å². The van der Waals surface area contributed by atoms with Gasteiger partial charge in [0.25, 0.3) is 5.91 Å². The van der Waals surface area contributed by atoms with Gasteiger partial charge in [0.05, 0.1) is 17.7 Å². The molecule has 1 aliphatic heterocycles. The van der Waals surface area contributed by atoms with Crippen molar-refractivity contribution in [2.24, 2.45) is 4.99 Å². The van der Waals surface area contributed by atoms with Crippen LogP contribution in [0.15, 0.2) is 94.8 Å². The standard InChI is InChI=1S/C25H22N2O2S/c1-29-22-14-8-11-20(17-22)18-23-24(28)27(16-15-19-9-4-2-5-10-19)25(30-23)26-21-12-6-3-7-13-21/h2-14,17-18H,15-16H2,1H3/b23-18+,26-25?. The lowest BCUT2D eigenvalue weighted by molar-refractivity contribution is -0.122. The number of carbonyl (C=O) groups is 1. The van der Waals surface area contributed by atoms with Gasteiger partial charge >= 0.3 is 0 Å². The number of aliphatic imine (C=N–C) groups is 1. The number of amidine groups is 1. The number of para-hydroxylation sites is 1. The molecule has 30 heavy (non-hydrogen) atoms. The quantitative estimate of drug-likeness (QED) is 0.497. The van der Waals surface area contributed by atoms with E-state index in [1.807, 2.05) is 78.9 Å². The molecule has 1 amide bonds. The van der Waals surface area contributed by atoms with Crippen molar-refractivity contribution in [3.63, 3.8) is 0 Å². The van der Waals surface area contributed by atoms with E-state index in [4.69, 9.17) is 9.73 Å². The van der Waals surface area contributed by atoms with Crippen LogP contribution in [0.25, 0.3) is 6.08 Å². The highest BCUT2D eigenvalue weighted by molar-refractivity contribution is 8.18. The Balaban J connectivity index is 1.63. The normalized spacial score (nSPS) is 16.4. The van der Waals surface area contributed by atoms with E-state index < -0.39 is 0 Å². The third-order valence-electron chi connectivity index (χ3n) is 4.73. The van der Waals surface area contributed by atoms with Crippen molar-refractivity contribution in [2.45, 2.75) is 6.42 Å². The molecule has 1 heterocycles. The maximum Gasteiger partial charge on any atom is 0.266 e. The molecule has 1 saturated heterocycles. The zero-order valence-corrected chi connectivity index (χ0v) is 17.5. The van der Waals surface area contributed by atoms with Crippen molar-refractivity contribution < 1.29 is 9.53 Å². The Bertz CT molecular complexity index is 1080. The van der Waals surface area contributed by atoms with Gasteiger partial charge in [-0.1, -0.05) is 60.7 Å². The molecule has 0 spiro atoms. The second-order valence-corrected chi connectivity index (χ2v) is 7.82. The second-order valence-electron chi connectivity index (χ2n) is 6.81. The predicted molar refractivity (Wildman–Crippen MR) is 124 cm³/mol. The fourth-order valence-electron chi connectivity index (χ4n) is 3.17. The van der Waals surface area contributed by atoms with Gasteiger partial charge < -0.3 is 4.74 Å². The first kappa shape index (κ1) is 20.0. The molecule has 4 rings (SSSR count). The lowest BCUT2D eigenvalue weighted by Crippen LogP contribution is -2.31. The third-order valence-corrected chi connectivity index (χ3v) is 5.73. The number of amides is 1. The second kappa shape index (κ2) is 9.46. The fourth-order valence-corrected chi connectivity index (χ4v) is 4.19. The Morgan fingerprint density at radius 1 is 0.967 bits per heavy atom. The van der Waals surface area contributed by atoms with Crippen LogP contribution in [0.2, 0.25) is 0 Å². The van der Waals surface area contributed by atoms with Crippen LogP contribution in [0.1, 0.15) is 11.1 Å². The topological polar surface area (TPSA) is 41.9 Å². The van der Waals surface area contributed by atoms with E-state index in [1.54, 1.807) is 12.0 Å². The molecule has 5 heteroatoms. The van der Waals surface area contributed by atoms with Gasteiger partial charge in [-0.3, -0.25) is 9.69 Å². The molecule has 3 aromatic carbocycles. The monoisotopic (exact) mass is 414 g/mol. The van der Waals surface area contributed by atoms with E-state index in [9.17, 15) is 4.79 Å². The molecule has 0 radical (unpaired) electrons. The van der Waals surface area contributed by atoms with Gasteiger partial charge in [0.1, 0.15) is 5.75 Å². The van der Waals surface area contributed by atoms with Gasteiger partial charge in [-0.25, -0.2) is 4.99 Å². The van der Waals surface area contributed by atoms with Crippen LogP contribution in [0.5, 0.6) is 5.75 Å². The summed E-state index contributed by atoms with van der Waals surface area (Å²) in [5, 5.41) is 0.705. The molecule has 1 fully saturated rings. The first-order valence-electron chi connectivity index (χ1n) is 9.76. The van der Waals surface area contributed by atoms with Crippen molar-refractivity contribution in [1.29, 1.82) is 0 Å². The van der Waals surface area contributed by atoms with E-state index >= 15 is 0 Å². The summed E-state index contributed by atoms with van der Waals surface area (Å²) in [5.41, 5.74) is 2.95. The summed E-state index contributed by atoms with van der Waals surface area (Å²) < 4.78 is 5.30. The SMILES string of the molecule is COc1cccc(/C=C2/SC(=Nc3ccccc3)N(CCc3ccccc3)C2=O)c1. The number of nitrogens with zero attached hydrogens (tertiary/aromatic N) is 2. The number of hydrogen-bond acceptors (Lipinski definition) is 4. The molecular weight excluding hydrogens is 392 g/mol. The number of carbonyl (C=O) groups excluding carboxylic acids is 1. The van der Waals surface area contributed by atoms with Crippen molar-refractivity contribution in [2.75, 3.05) is 13.7 Å². The van der Waals surface area contributed by atoms with Crippen LogP contribution >= 0.6 is 11.8 Å². The van der Waals surface area contributed by atoms with Crippen LogP contribution in [0, 0.1) is 0 Å². The Morgan fingerprint density at radius 3 is 2.43 bits per heavy atom. The van der Waals surface area contributed by atoms with Crippen LogP contribution in [0.3, 0.4) is 0 Å². The molecule has 150 valence electrons. The van der Waals surface area contributed by atoms with E-state index in [-0.39, 0.29) is 5.91 Å². The van der Waals surface area contributed by atoms with Gasteiger partial charge in [0.2, 0.25) is 0 Å². The number of ether oxygens (including phenoxy) is 1. The number of methoxy groups -OCH3 is 1. The number of benzene rings is 3. The molecule has 0 aromatic heterocycles. The minimum atomic E-state index is -0.0200. The molecule has 3 aromatic rings. The summed E-state index contributed by atoms with van der Waals surface area (Å²) in [5.74, 6) is 0.743. The van der Waals surface area contributed by atoms with Crippen molar-refractivity contribution >= 4 is 34.6 Å². The lowest BCUT2D eigenvalue weighted by atomic mass is 10.1. The number of rotatable bonds is 6. The highest BCUT2D eigenvalue weighted by Gasteiger charge is 2.33. The van der Waals surface area contributed by atoms with E-state index in [2.05, 4.69) is 12.1 Å². The van der Waals surface area contributed by atoms with Crippen LogP contribution < -0.4 is 4.74 Å². The van der Waals surface area contributed by atoms with Gasteiger partial charge in [0.15, 0.2) is 5.17 Å². The largest absolute Gasteiger partial charge is 0.497 e. The van der Waals surface area contributed by atoms with E-state index in [0.717, 1.165) is 23.4 Å². The zero-order valence-electron chi connectivity index (χ0n) is 16.7.